The van der Waals surface area contributed by atoms with Crippen LogP contribution in [0.1, 0.15) is 64.2 Å². The van der Waals surface area contributed by atoms with Crippen molar-refractivity contribution >= 4 is 11.9 Å². The van der Waals surface area contributed by atoms with E-state index < -0.39 is 0 Å². The van der Waals surface area contributed by atoms with E-state index in [1.807, 2.05) is 4.90 Å². The molecule has 1 saturated heterocycles. The number of hydrogen-bond donors (Lipinski definition) is 2. The summed E-state index contributed by atoms with van der Waals surface area (Å²) < 4.78 is 0. The lowest BCUT2D eigenvalue weighted by atomic mass is 9.89. The SMILES string of the molecule is O=C1NCCCCC1NC(=O)N(CC1CCCCC1)C1CC1. The number of amides is 3. The van der Waals surface area contributed by atoms with E-state index in [4.69, 9.17) is 0 Å². The molecule has 1 aliphatic heterocycles. The largest absolute Gasteiger partial charge is 0.354 e. The van der Waals surface area contributed by atoms with Crippen molar-refractivity contribution in [2.75, 3.05) is 13.1 Å². The fourth-order valence-electron chi connectivity index (χ4n) is 3.74. The van der Waals surface area contributed by atoms with Crippen LogP contribution >= 0.6 is 0 Å². The quantitative estimate of drug-likeness (QED) is 0.838. The number of carbonyl (C=O) groups excluding carboxylic acids is 2. The lowest BCUT2D eigenvalue weighted by Crippen LogP contribution is -2.52. The van der Waals surface area contributed by atoms with Crippen LogP contribution in [0, 0.1) is 5.92 Å². The molecule has 2 saturated carbocycles. The molecule has 22 heavy (non-hydrogen) atoms. The normalized spacial score (nSPS) is 26.9. The second kappa shape index (κ2) is 7.34. The smallest absolute Gasteiger partial charge is 0.318 e. The van der Waals surface area contributed by atoms with Crippen LogP contribution < -0.4 is 10.6 Å². The van der Waals surface area contributed by atoms with Gasteiger partial charge in [-0.3, -0.25) is 4.79 Å². The molecule has 0 aromatic heterocycles. The van der Waals surface area contributed by atoms with Crippen LogP contribution in [0.2, 0.25) is 0 Å². The topological polar surface area (TPSA) is 61.4 Å². The molecule has 2 aliphatic carbocycles. The van der Waals surface area contributed by atoms with Crippen molar-refractivity contribution in [1.29, 1.82) is 0 Å². The van der Waals surface area contributed by atoms with Crippen molar-refractivity contribution in [3.8, 4) is 0 Å². The number of hydrogen-bond acceptors (Lipinski definition) is 2. The third-order valence-electron chi connectivity index (χ3n) is 5.26. The first-order chi connectivity index (χ1) is 10.7. The molecular weight excluding hydrogens is 278 g/mol. The number of nitrogens with zero attached hydrogens (tertiary/aromatic N) is 1. The van der Waals surface area contributed by atoms with Gasteiger partial charge in [-0.05, 0) is 50.9 Å². The van der Waals surface area contributed by atoms with Gasteiger partial charge < -0.3 is 15.5 Å². The van der Waals surface area contributed by atoms with Crippen LogP contribution in [-0.2, 0) is 4.79 Å². The maximum Gasteiger partial charge on any atom is 0.318 e. The molecule has 3 aliphatic rings. The van der Waals surface area contributed by atoms with Crippen molar-refractivity contribution in [1.82, 2.24) is 15.5 Å². The Balaban J connectivity index is 1.56. The third-order valence-corrected chi connectivity index (χ3v) is 5.26. The maximum atomic E-state index is 12.7. The van der Waals surface area contributed by atoms with Crippen molar-refractivity contribution in [2.45, 2.75) is 76.3 Å². The minimum absolute atomic E-state index is 0.0146. The molecule has 1 atom stereocenters. The minimum Gasteiger partial charge on any atom is -0.354 e. The van der Waals surface area contributed by atoms with Gasteiger partial charge in [0.15, 0.2) is 0 Å². The molecule has 1 unspecified atom stereocenters. The van der Waals surface area contributed by atoms with E-state index >= 15 is 0 Å². The first-order valence-corrected chi connectivity index (χ1v) is 9.09. The Labute approximate surface area is 133 Å². The van der Waals surface area contributed by atoms with Crippen LogP contribution in [0.15, 0.2) is 0 Å². The average molecular weight is 307 g/mol. The zero-order valence-corrected chi connectivity index (χ0v) is 13.5. The Hall–Kier alpha value is -1.26. The van der Waals surface area contributed by atoms with Gasteiger partial charge in [-0.1, -0.05) is 19.3 Å². The molecule has 3 amide bonds. The summed E-state index contributed by atoms with van der Waals surface area (Å²) in [7, 11) is 0. The first-order valence-electron chi connectivity index (χ1n) is 9.09. The predicted molar refractivity (Wildman–Crippen MR) is 85.5 cm³/mol. The van der Waals surface area contributed by atoms with E-state index in [1.54, 1.807) is 0 Å². The molecule has 0 bridgehead atoms. The summed E-state index contributed by atoms with van der Waals surface area (Å²) in [5.74, 6) is 0.641. The van der Waals surface area contributed by atoms with E-state index in [9.17, 15) is 9.59 Å². The maximum absolute atomic E-state index is 12.7. The standard InChI is InChI=1S/C17H29N3O2/c21-16-15(8-4-5-11-18-16)19-17(22)20(14-9-10-14)12-13-6-2-1-3-7-13/h13-15H,1-12H2,(H,18,21)(H,19,22). The highest BCUT2D eigenvalue weighted by molar-refractivity contribution is 5.87. The zero-order valence-electron chi connectivity index (χ0n) is 13.5. The summed E-state index contributed by atoms with van der Waals surface area (Å²) in [5.41, 5.74) is 0. The summed E-state index contributed by atoms with van der Waals surface area (Å²) in [6.07, 6.45) is 11.5. The Morgan fingerprint density at radius 3 is 2.50 bits per heavy atom. The zero-order chi connectivity index (χ0) is 15.4. The Bertz CT molecular complexity index is 403. The van der Waals surface area contributed by atoms with Gasteiger partial charge in [0, 0.05) is 19.1 Å². The number of rotatable bonds is 4. The van der Waals surface area contributed by atoms with Crippen LogP contribution in [0.4, 0.5) is 4.79 Å². The van der Waals surface area contributed by atoms with Gasteiger partial charge in [-0.2, -0.15) is 0 Å². The summed E-state index contributed by atoms with van der Waals surface area (Å²) in [6.45, 7) is 1.62. The summed E-state index contributed by atoms with van der Waals surface area (Å²) in [6, 6.07) is 0.0495. The van der Waals surface area contributed by atoms with Crippen LogP contribution in [0.5, 0.6) is 0 Å². The molecule has 3 fully saturated rings. The lowest BCUT2D eigenvalue weighted by Gasteiger charge is -2.31. The minimum atomic E-state index is -0.345. The van der Waals surface area contributed by atoms with Gasteiger partial charge in [0.05, 0.1) is 0 Å². The second-order valence-corrected chi connectivity index (χ2v) is 7.18. The first kappa shape index (κ1) is 15.6. The number of urea groups is 1. The van der Waals surface area contributed by atoms with Gasteiger partial charge in [0.2, 0.25) is 5.91 Å². The summed E-state index contributed by atoms with van der Waals surface area (Å²) in [5, 5.41) is 5.89. The predicted octanol–water partition coefficient (Wildman–Crippen LogP) is 2.41. The van der Waals surface area contributed by atoms with Gasteiger partial charge in [0.25, 0.3) is 0 Å². The van der Waals surface area contributed by atoms with Crippen LogP contribution in [0.3, 0.4) is 0 Å². The van der Waals surface area contributed by atoms with Crippen LogP contribution in [0.25, 0.3) is 0 Å². The highest BCUT2D eigenvalue weighted by atomic mass is 16.2. The molecule has 2 N–H and O–H groups in total. The molecule has 0 spiro atoms. The van der Waals surface area contributed by atoms with Gasteiger partial charge >= 0.3 is 6.03 Å². The van der Waals surface area contributed by atoms with E-state index in [-0.39, 0.29) is 18.0 Å². The van der Waals surface area contributed by atoms with E-state index in [1.165, 1.54) is 32.1 Å². The van der Waals surface area contributed by atoms with Crippen molar-refractivity contribution < 1.29 is 9.59 Å². The van der Waals surface area contributed by atoms with Crippen molar-refractivity contribution in [3.63, 3.8) is 0 Å². The molecule has 0 radical (unpaired) electrons. The van der Waals surface area contributed by atoms with Crippen molar-refractivity contribution in [3.05, 3.63) is 0 Å². The fraction of sp³-hybridized carbons (Fsp3) is 0.882. The molecular formula is C17H29N3O2. The molecule has 0 aromatic rings. The fourth-order valence-corrected chi connectivity index (χ4v) is 3.74. The van der Waals surface area contributed by atoms with Crippen LogP contribution in [-0.4, -0.2) is 42.0 Å². The summed E-state index contributed by atoms with van der Waals surface area (Å²) in [4.78, 5) is 26.7. The molecule has 3 rings (SSSR count). The lowest BCUT2D eigenvalue weighted by molar-refractivity contribution is -0.122. The molecule has 1 heterocycles. The van der Waals surface area contributed by atoms with Gasteiger partial charge in [0.1, 0.15) is 6.04 Å². The van der Waals surface area contributed by atoms with E-state index in [0.717, 1.165) is 45.2 Å². The summed E-state index contributed by atoms with van der Waals surface area (Å²) >= 11 is 0. The average Bonchev–Trinajstić information content (AvgIpc) is 3.36. The Kier molecular flexibility index (Phi) is 5.21. The highest BCUT2D eigenvalue weighted by Crippen LogP contribution is 2.31. The molecule has 5 heteroatoms. The number of carbonyl (C=O) groups is 2. The second-order valence-electron chi connectivity index (χ2n) is 7.18. The Morgan fingerprint density at radius 1 is 1.05 bits per heavy atom. The molecule has 5 nitrogen and oxygen atoms in total. The van der Waals surface area contributed by atoms with Crippen molar-refractivity contribution in [2.24, 2.45) is 5.92 Å². The van der Waals surface area contributed by atoms with E-state index in [0.29, 0.717) is 12.0 Å². The third kappa shape index (κ3) is 4.14. The van der Waals surface area contributed by atoms with Gasteiger partial charge in [-0.25, -0.2) is 4.79 Å². The number of nitrogens with one attached hydrogen (secondary N) is 2. The highest BCUT2D eigenvalue weighted by Gasteiger charge is 2.35. The molecule has 124 valence electrons. The van der Waals surface area contributed by atoms with E-state index in [2.05, 4.69) is 10.6 Å². The monoisotopic (exact) mass is 307 g/mol. The molecule has 0 aromatic carbocycles. The van der Waals surface area contributed by atoms with Gasteiger partial charge in [-0.15, -0.1) is 0 Å². The Morgan fingerprint density at radius 2 is 1.77 bits per heavy atom.